The van der Waals surface area contributed by atoms with Gasteiger partial charge in [-0.3, -0.25) is 14.3 Å². The van der Waals surface area contributed by atoms with E-state index in [1.54, 1.807) is 18.8 Å². The normalized spacial score (nSPS) is 15.6. The van der Waals surface area contributed by atoms with Crippen LogP contribution in [-0.2, 0) is 18.3 Å². The third kappa shape index (κ3) is 3.82. The number of imidazole rings is 1. The maximum atomic E-state index is 12.7. The summed E-state index contributed by atoms with van der Waals surface area (Å²) in [6.45, 7) is 5.24. The van der Waals surface area contributed by atoms with Crippen molar-refractivity contribution < 1.29 is 9.15 Å². The van der Waals surface area contributed by atoms with Crippen molar-refractivity contribution in [3.8, 4) is 0 Å². The van der Waals surface area contributed by atoms with E-state index in [-0.39, 0.29) is 5.92 Å². The molecule has 1 aliphatic rings. The standard InChI is InChI=1S/C21H24N6O4S/c1-13(12-32-21-22-14-5-3-4-6-15(14)31-21)11-27-16-17(25(2)20(29)24-18(16)28)23-19(27)26-7-9-30-10-8-26/h3-6,13H,7-12H2,1-2H3,(H,24,28,29). The Kier molecular flexibility index (Phi) is 5.51. The van der Waals surface area contributed by atoms with Gasteiger partial charge < -0.3 is 18.6 Å². The Bertz CT molecular complexity index is 1350. The number of aryl methyl sites for hydroxylation is 1. The predicted molar refractivity (Wildman–Crippen MR) is 123 cm³/mol. The van der Waals surface area contributed by atoms with Crippen LogP contribution in [0.1, 0.15) is 6.92 Å². The molecule has 10 nitrogen and oxygen atoms in total. The third-order valence-corrected chi connectivity index (χ3v) is 6.70. The number of ether oxygens (including phenoxy) is 1. The lowest BCUT2D eigenvalue weighted by Crippen LogP contribution is -2.38. The molecule has 4 aromatic rings. The van der Waals surface area contributed by atoms with E-state index >= 15 is 0 Å². The molecule has 1 aromatic carbocycles. The molecule has 0 aliphatic carbocycles. The van der Waals surface area contributed by atoms with Gasteiger partial charge in [0.1, 0.15) is 5.52 Å². The van der Waals surface area contributed by atoms with E-state index in [1.807, 2.05) is 28.8 Å². The number of nitrogens with zero attached hydrogens (tertiary/aromatic N) is 5. The first kappa shape index (κ1) is 20.8. The Balaban J connectivity index is 1.44. The summed E-state index contributed by atoms with van der Waals surface area (Å²) in [5, 5.41) is 0.627. The van der Waals surface area contributed by atoms with Crippen LogP contribution in [0.3, 0.4) is 0 Å². The van der Waals surface area contributed by atoms with Gasteiger partial charge in [0.2, 0.25) is 5.95 Å². The molecule has 4 heterocycles. The number of fused-ring (bicyclic) bond motifs is 2. The van der Waals surface area contributed by atoms with E-state index in [4.69, 9.17) is 14.1 Å². The van der Waals surface area contributed by atoms with E-state index in [2.05, 4.69) is 21.8 Å². The summed E-state index contributed by atoms with van der Waals surface area (Å²) in [6, 6.07) is 7.69. The molecule has 0 spiro atoms. The van der Waals surface area contributed by atoms with Crippen LogP contribution < -0.4 is 16.1 Å². The van der Waals surface area contributed by atoms with Crippen molar-refractivity contribution in [2.45, 2.75) is 18.7 Å². The van der Waals surface area contributed by atoms with E-state index in [9.17, 15) is 9.59 Å². The number of aromatic amines is 1. The summed E-state index contributed by atoms with van der Waals surface area (Å²) in [5.74, 6) is 1.62. The molecule has 5 rings (SSSR count). The van der Waals surface area contributed by atoms with Crippen molar-refractivity contribution in [2.75, 3.05) is 37.0 Å². The van der Waals surface area contributed by atoms with Crippen molar-refractivity contribution >= 4 is 40.0 Å². The number of para-hydroxylation sites is 2. The first-order valence-electron chi connectivity index (χ1n) is 10.5. The molecular weight excluding hydrogens is 432 g/mol. The van der Waals surface area contributed by atoms with Gasteiger partial charge in [-0.2, -0.15) is 4.98 Å². The zero-order valence-corrected chi connectivity index (χ0v) is 18.7. The summed E-state index contributed by atoms with van der Waals surface area (Å²) >= 11 is 1.55. The second-order valence-corrected chi connectivity index (χ2v) is 8.95. The molecule has 1 aliphatic heterocycles. The molecule has 1 fully saturated rings. The monoisotopic (exact) mass is 456 g/mol. The van der Waals surface area contributed by atoms with E-state index in [1.165, 1.54) is 4.57 Å². The highest BCUT2D eigenvalue weighted by atomic mass is 32.2. The average Bonchev–Trinajstić information content (AvgIpc) is 3.38. The molecule has 1 unspecified atom stereocenters. The minimum absolute atomic E-state index is 0.184. The molecule has 0 saturated carbocycles. The van der Waals surface area contributed by atoms with Crippen LogP contribution in [0.4, 0.5) is 5.95 Å². The number of oxazole rings is 1. The SMILES string of the molecule is CC(CSc1nc2ccccc2o1)Cn1c(N2CCOCC2)nc2c1c(=O)[nH]c(=O)n2C. The fraction of sp³-hybridized carbons (Fsp3) is 0.429. The van der Waals surface area contributed by atoms with Crippen LogP contribution in [0.25, 0.3) is 22.3 Å². The quantitative estimate of drug-likeness (QED) is 0.438. The number of hydrogen-bond acceptors (Lipinski definition) is 8. The number of thioether (sulfide) groups is 1. The molecule has 1 atom stereocenters. The number of hydrogen-bond donors (Lipinski definition) is 1. The van der Waals surface area contributed by atoms with Gasteiger partial charge in [0, 0.05) is 32.4 Å². The highest BCUT2D eigenvalue weighted by molar-refractivity contribution is 7.99. The Morgan fingerprint density at radius 1 is 1.19 bits per heavy atom. The number of nitrogens with one attached hydrogen (secondary N) is 1. The molecule has 0 bridgehead atoms. The highest BCUT2D eigenvalue weighted by Gasteiger charge is 2.24. The van der Waals surface area contributed by atoms with Gasteiger partial charge in [0.15, 0.2) is 16.7 Å². The molecule has 0 radical (unpaired) electrons. The van der Waals surface area contributed by atoms with Crippen LogP contribution in [0.15, 0.2) is 43.5 Å². The van der Waals surface area contributed by atoms with Crippen molar-refractivity contribution in [1.29, 1.82) is 0 Å². The van der Waals surface area contributed by atoms with Crippen molar-refractivity contribution in [3.05, 3.63) is 45.1 Å². The van der Waals surface area contributed by atoms with Gasteiger partial charge in [-0.25, -0.2) is 9.78 Å². The molecule has 0 amide bonds. The highest BCUT2D eigenvalue weighted by Crippen LogP contribution is 2.27. The van der Waals surface area contributed by atoms with Crippen molar-refractivity contribution in [1.82, 2.24) is 24.1 Å². The first-order chi connectivity index (χ1) is 15.5. The molecular formula is C21H24N6O4S. The van der Waals surface area contributed by atoms with Gasteiger partial charge in [0.25, 0.3) is 10.8 Å². The second kappa shape index (κ2) is 8.47. The Hall–Kier alpha value is -3.05. The number of aromatic nitrogens is 5. The Morgan fingerprint density at radius 3 is 2.75 bits per heavy atom. The number of H-pyrrole nitrogens is 1. The molecule has 1 saturated heterocycles. The number of morpholine rings is 1. The molecule has 11 heteroatoms. The van der Waals surface area contributed by atoms with Crippen LogP contribution in [0, 0.1) is 5.92 Å². The first-order valence-corrected chi connectivity index (χ1v) is 11.5. The molecule has 3 aromatic heterocycles. The maximum Gasteiger partial charge on any atom is 0.329 e. The van der Waals surface area contributed by atoms with Crippen LogP contribution >= 0.6 is 11.8 Å². The van der Waals surface area contributed by atoms with Gasteiger partial charge >= 0.3 is 5.69 Å². The average molecular weight is 457 g/mol. The second-order valence-electron chi connectivity index (χ2n) is 7.98. The third-order valence-electron chi connectivity index (χ3n) is 5.54. The van der Waals surface area contributed by atoms with Crippen LogP contribution in [0.5, 0.6) is 0 Å². The van der Waals surface area contributed by atoms with Gasteiger partial charge in [-0.1, -0.05) is 30.8 Å². The minimum Gasteiger partial charge on any atom is -0.431 e. The van der Waals surface area contributed by atoms with Crippen LogP contribution in [-0.4, -0.2) is 56.1 Å². The lowest BCUT2D eigenvalue weighted by molar-refractivity contribution is 0.121. The van der Waals surface area contributed by atoms with Gasteiger partial charge in [-0.05, 0) is 18.1 Å². The van der Waals surface area contributed by atoms with Gasteiger partial charge in [-0.15, -0.1) is 0 Å². The summed E-state index contributed by atoms with van der Waals surface area (Å²) in [4.78, 5) is 38.6. The largest absolute Gasteiger partial charge is 0.431 e. The number of rotatable bonds is 6. The van der Waals surface area contributed by atoms with Gasteiger partial charge in [0.05, 0.1) is 13.2 Å². The van der Waals surface area contributed by atoms with E-state index < -0.39 is 11.2 Å². The maximum absolute atomic E-state index is 12.7. The van der Waals surface area contributed by atoms with Crippen molar-refractivity contribution in [2.24, 2.45) is 13.0 Å². The molecule has 32 heavy (non-hydrogen) atoms. The predicted octanol–water partition coefficient (Wildman–Crippen LogP) is 1.83. The number of benzene rings is 1. The van der Waals surface area contributed by atoms with Crippen molar-refractivity contribution in [3.63, 3.8) is 0 Å². The zero-order chi connectivity index (χ0) is 22.2. The lowest BCUT2D eigenvalue weighted by atomic mass is 10.2. The summed E-state index contributed by atoms with van der Waals surface area (Å²) < 4.78 is 14.6. The number of anilines is 1. The van der Waals surface area contributed by atoms with E-state index in [0.29, 0.717) is 55.2 Å². The van der Waals surface area contributed by atoms with Crippen LogP contribution in [0.2, 0.25) is 0 Å². The lowest BCUT2D eigenvalue weighted by Gasteiger charge is -2.28. The smallest absolute Gasteiger partial charge is 0.329 e. The summed E-state index contributed by atoms with van der Waals surface area (Å²) in [7, 11) is 1.62. The summed E-state index contributed by atoms with van der Waals surface area (Å²) in [6.07, 6.45) is 0. The fourth-order valence-corrected chi connectivity index (χ4v) is 4.74. The van der Waals surface area contributed by atoms with E-state index in [0.717, 1.165) is 16.9 Å². The molecule has 1 N–H and O–H groups in total. The Labute approximate surface area is 187 Å². The topological polar surface area (TPSA) is 111 Å². The zero-order valence-electron chi connectivity index (χ0n) is 17.9. The summed E-state index contributed by atoms with van der Waals surface area (Å²) in [5.41, 5.74) is 1.51. The fourth-order valence-electron chi connectivity index (χ4n) is 3.89. The minimum atomic E-state index is -0.472. The Morgan fingerprint density at radius 2 is 1.97 bits per heavy atom. The molecule has 168 valence electrons.